The summed E-state index contributed by atoms with van der Waals surface area (Å²) in [6.07, 6.45) is 8.12. The minimum absolute atomic E-state index is 0.258. The maximum absolute atomic E-state index is 12.5. The van der Waals surface area contributed by atoms with Crippen molar-refractivity contribution in [1.29, 1.82) is 0 Å². The normalized spacial score (nSPS) is 10.7. The van der Waals surface area contributed by atoms with Crippen LogP contribution < -0.4 is 10.6 Å². The Kier molecular flexibility index (Phi) is 4.74. The number of fused-ring (bicyclic) bond motifs is 1. The van der Waals surface area contributed by atoms with Crippen LogP contribution in [0.2, 0.25) is 0 Å². The van der Waals surface area contributed by atoms with Gasteiger partial charge in [-0.3, -0.25) is 14.3 Å². The molecule has 0 saturated carbocycles. The van der Waals surface area contributed by atoms with E-state index in [4.69, 9.17) is 0 Å². The van der Waals surface area contributed by atoms with Crippen molar-refractivity contribution in [3.05, 3.63) is 91.5 Å². The Morgan fingerprint density at radius 3 is 2.52 bits per heavy atom. The summed E-state index contributed by atoms with van der Waals surface area (Å²) in [5.74, 6) is 1.03. The highest BCUT2D eigenvalue weighted by molar-refractivity contribution is 6.03. The predicted molar refractivity (Wildman–Crippen MR) is 116 cm³/mol. The van der Waals surface area contributed by atoms with Crippen molar-refractivity contribution < 1.29 is 4.79 Å². The highest BCUT2D eigenvalue weighted by Crippen LogP contribution is 2.19. The third-order valence-electron chi connectivity index (χ3n) is 4.52. The number of aromatic nitrogens is 6. The molecule has 0 saturated heterocycles. The molecular weight excluding hydrogens is 392 g/mol. The first-order valence-electron chi connectivity index (χ1n) is 9.45. The van der Waals surface area contributed by atoms with Crippen molar-refractivity contribution >= 4 is 34.1 Å². The number of hydrogen-bond donors (Lipinski definition) is 2. The van der Waals surface area contributed by atoms with Gasteiger partial charge >= 0.3 is 0 Å². The number of benzene rings is 2. The molecule has 3 aromatic heterocycles. The van der Waals surface area contributed by atoms with E-state index in [1.165, 1.54) is 12.5 Å². The highest BCUT2D eigenvalue weighted by atomic mass is 16.1. The van der Waals surface area contributed by atoms with Crippen LogP contribution in [-0.4, -0.2) is 35.4 Å². The van der Waals surface area contributed by atoms with Gasteiger partial charge in [0, 0.05) is 29.8 Å². The Labute approximate surface area is 176 Å². The van der Waals surface area contributed by atoms with Crippen LogP contribution in [0, 0.1) is 0 Å². The Morgan fingerprint density at radius 1 is 0.903 bits per heavy atom. The number of anilines is 3. The fourth-order valence-corrected chi connectivity index (χ4v) is 3.00. The van der Waals surface area contributed by atoms with Crippen molar-refractivity contribution in [2.45, 2.75) is 0 Å². The Bertz CT molecular complexity index is 1350. The number of hydrogen-bond acceptors (Lipinski definition) is 7. The molecule has 0 bridgehead atoms. The summed E-state index contributed by atoms with van der Waals surface area (Å²) in [6.45, 7) is 0. The molecule has 3 heterocycles. The minimum Gasteiger partial charge on any atom is -0.340 e. The largest absolute Gasteiger partial charge is 0.340 e. The van der Waals surface area contributed by atoms with E-state index in [1.807, 2.05) is 48.7 Å². The lowest BCUT2D eigenvalue weighted by molar-refractivity contribution is 0.102. The zero-order chi connectivity index (χ0) is 21.0. The van der Waals surface area contributed by atoms with Crippen LogP contribution in [0.4, 0.5) is 17.2 Å². The Morgan fingerprint density at radius 2 is 1.71 bits per heavy atom. The summed E-state index contributed by atoms with van der Waals surface area (Å²) in [7, 11) is 0. The van der Waals surface area contributed by atoms with Crippen LogP contribution in [0.1, 0.15) is 10.5 Å². The van der Waals surface area contributed by atoms with Gasteiger partial charge in [-0.25, -0.2) is 19.9 Å². The quantitative estimate of drug-likeness (QED) is 0.457. The molecule has 150 valence electrons. The van der Waals surface area contributed by atoms with Gasteiger partial charge in [0.05, 0.1) is 17.2 Å². The van der Waals surface area contributed by atoms with Crippen LogP contribution in [0.25, 0.3) is 16.9 Å². The fraction of sp³-hybridized carbons (Fsp3) is 0. The van der Waals surface area contributed by atoms with E-state index in [9.17, 15) is 4.79 Å². The van der Waals surface area contributed by atoms with E-state index in [2.05, 4.69) is 35.6 Å². The van der Waals surface area contributed by atoms with E-state index >= 15 is 0 Å². The van der Waals surface area contributed by atoms with Crippen LogP contribution in [0.3, 0.4) is 0 Å². The van der Waals surface area contributed by atoms with Crippen molar-refractivity contribution in [2.75, 3.05) is 10.6 Å². The lowest BCUT2D eigenvalue weighted by Crippen LogP contribution is -2.14. The molecule has 31 heavy (non-hydrogen) atoms. The molecule has 2 N–H and O–H groups in total. The minimum atomic E-state index is -0.320. The summed E-state index contributed by atoms with van der Waals surface area (Å²) in [5.41, 5.74) is 3.14. The molecule has 0 aliphatic carbocycles. The molecule has 9 nitrogen and oxygen atoms in total. The predicted octanol–water partition coefficient (Wildman–Crippen LogP) is 3.60. The number of nitrogens with one attached hydrogen (secondary N) is 2. The molecule has 0 aliphatic rings. The van der Waals surface area contributed by atoms with Gasteiger partial charge in [0.1, 0.15) is 30.0 Å². The first kappa shape index (κ1) is 18.4. The van der Waals surface area contributed by atoms with Gasteiger partial charge in [0.25, 0.3) is 5.91 Å². The lowest BCUT2D eigenvalue weighted by Gasteiger charge is -2.09. The molecule has 0 spiro atoms. The first-order valence-corrected chi connectivity index (χ1v) is 9.45. The molecule has 0 fully saturated rings. The van der Waals surface area contributed by atoms with Gasteiger partial charge in [-0.15, -0.1) is 0 Å². The second-order valence-corrected chi connectivity index (χ2v) is 6.63. The average molecular weight is 408 g/mol. The number of carbonyl (C=O) groups is 1. The van der Waals surface area contributed by atoms with Gasteiger partial charge in [-0.2, -0.15) is 0 Å². The number of nitrogens with zero attached hydrogens (tertiary/aromatic N) is 6. The van der Waals surface area contributed by atoms with Crippen LogP contribution in [0.15, 0.2) is 85.8 Å². The number of para-hydroxylation sites is 2. The molecule has 0 aliphatic heterocycles. The Balaban J connectivity index is 1.27. The van der Waals surface area contributed by atoms with Crippen molar-refractivity contribution in [2.24, 2.45) is 0 Å². The Hall–Kier alpha value is -4.66. The van der Waals surface area contributed by atoms with E-state index in [0.29, 0.717) is 22.8 Å². The van der Waals surface area contributed by atoms with E-state index < -0.39 is 0 Å². The van der Waals surface area contributed by atoms with Crippen molar-refractivity contribution in [1.82, 2.24) is 29.5 Å². The number of amides is 1. The zero-order valence-electron chi connectivity index (χ0n) is 16.2. The molecule has 5 aromatic rings. The molecule has 5 rings (SSSR count). The van der Waals surface area contributed by atoms with E-state index in [-0.39, 0.29) is 11.6 Å². The lowest BCUT2D eigenvalue weighted by atomic mass is 10.2. The first-order chi connectivity index (χ1) is 15.2. The van der Waals surface area contributed by atoms with E-state index in [0.717, 1.165) is 11.2 Å². The molecule has 1 amide bonds. The molecule has 2 aromatic carbocycles. The van der Waals surface area contributed by atoms with Gasteiger partial charge in [0.15, 0.2) is 0 Å². The number of rotatable bonds is 5. The second-order valence-electron chi connectivity index (χ2n) is 6.63. The molecule has 0 unspecified atom stereocenters. The summed E-state index contributed by atoms with van der Waals surface area (Å²) >= 11 is 0. The smallest absolute Gasteiger partial charge is 0.275 e. The standard InChI is InChI=1S/C22H16N8O/c31-22(19-12-24-17-3-1-2-4-18(17)29-19)28-16-7-5-15(6-8-16)27-20-11-21(26-13-25-20)30-10-9-23-14-30/h1-14H,(H,28,31)(H,25,26,27). The van der Waals surface area contributed by atoms with Gasteiger partial charge < -0.3 is 10.6 Å². The van der Waals surface area contributed by atoms with E-state index in [1.54, 1.807) is 29.2 Å². The topological polar surface area (TPSA) is 111 Å². The molecular formula is C22H16N8O. The zero-order valence-corrected chi connectivity index (χ0v) is 16.2. The van der Waals surface area contributed by atoms with Gasteiger partial charge in [-0.05, 0) is 36.4 Å². The van der Waals surface area contributed by atoms with Crippen LogP contribution >= 0.6 is 0 Å². The second kappa shape index (κ2) is 7.99. The van der Waals surface area contributed by atoms with Crippen molar-refractivity contribution in [3.63, 3.8) is 0 Å². The summed E-state index contributed by atoms with van der Waals surface area (Å²) in [4.78, 5) is 33.7. The summed E-state index contributed by atoms with van der Waals surface area (Å²) in [6, 6.07) is 16.5. The average Bonchev–Trinajstić information content (AvgIpc) is 3.35. The number of imidazole rings is 1. The third kappa shape index (κ3) is 4.06. The maximum atomic E-state index is 12.5. The van der Waals surface area contributed by atoms with Gasteiger partial charge in [0.2, 0.25) is 0 Å². The molecule has 0 atom stereocenters. The van der Waals surface area contributed by atoms with Crippen LogP contribution in [-0.2, 0) is 0 Å². The molecule has 0 radical (unpaired) electrons. The fourth-order valence-electron chi connectivity index (χ4n) is 3.00. The highest BCUT2D eigenvalue weighted by Gasteiger charge is 2.10. The summed E-state index contributed by atoms with van der Waals surface area (Å²) in [5, 5.41) is 6.06. The van der Waals surface area contributed by atoms with Crippen LogP contribution in [0.5, 0.6) is 0 Å². The maximum Gasteiger partial charge on any atom is 0.275 e. The van der Waals surface area contributed by atoms with Crippen molar-refractivity contribution in [3.8, 4) is 5.82 Å². The SMILES string of the molecule is O=C(Nc1ccc(Nc2cc(-n3ccnc3)ncn2)cc1)c1cnc2ccccc2n1. The third-order valence-corrected chi connectivity index (χ3v) is 4.52. The number of carbonyl (C=O) groups excluding carboxylic acids is 1. The monoisotopic (exact) mass is 408 g/mol. The summed E-state index contributed by atoms with van der Waals surface area (Å²) < 4.78 is 1.79. The molecule has 9 heteroatoms. The van der Waals surface area contributed by atoms with Gasteiger partial charge in [-0.1, -0.05) is 12.1 Å².